The number of benzene rings is 1. The van der Waals surface area contributed by atoms with Gasteiger partial charge in [0.1, 0.15) is 16.4 Å². The lowest BCUT2D eigenvalue weighted by Crippen LogP contribution is -2.44. The topological polar surface area (TPSA) is 67.9 Å². The molecule has 1 aromatic rings. The standard InChI is InChI=1S/C16H25ClN2O4S/c1-12(19-7-5-4-6-8-19)11-18-24(20,21)16-9-13(17)14(22-2)10-15(16)23-3/h9-10,12,18H,4-8,11H2,1-3H3. The van der Waals surface area contributed by atoms with E-state index in [1.807, 2.05) is 6.92 Å². The number of nitrogens with one attached hydrogen (secondary N) is 1. The van der Waals surface area contributed by atoms with Gasteiger partial charge in [-0.05, 0) is 38.9 Å². The predicted molar refractivity (Wildman–Crippen MR) is 94.6 cm³/mol. The Morgan fingerprint density at radius 3 is 2.38 bits per heavy atom. The zero-order valence-corrected chi connectivity index (χ0v) is 15.9. The van der Waals surface area contributed by atoms with Gasteiger partial charge in [0.2, 0.25) is 10.0 Å². The van der Waals surface area contributed by atoms with Crippen LogP contribution in [0.2, 0.25) is 5.02 Å². The Morgan fingerprint density at radius 2 is 1.79 bits per heavy atom. The third kappa shape index (κ3) is 4.53. The number of sulfonamides is 1. The average molecular weight is 377 g/mol. The van der Waals surface area contributed by atoms with Gasteiger partial charge in [-0.25, -0.2) is 13.1 Å². The summed E-state index contributed by atoms with van der Waals surface area (Å²) in [6.07, 6.45) is 3.58. The Bertz CT molecular complexity index is 660. The number of piperidine rings is 1. The Morgan fingerprint density at radius 1 is 1.17 bits per heavy atom. The number of halogens is 1. The van der Waals surface area contributed by atoms with E-state index >= 15 is 0 Å². The van der Waals surface area contributed by atoms with Gasteiger partial charge in [0.25, 0.3) is 0 Å². The highest BCUT2D eigenvalue weighted by Crippen LogP contribution is 2.34. The molecule has 0 spiro atoms. The van der Waals surface area contributed by atoms with Crippen molar-refractivity contribution in [2.45, 2.75) is 37.1 Å². The van der Waals surface area contributed by atoms with Crippen molar-refractivity contribution in [3.63, 3.8) is 0 Å². The number of nitrogens with zero attached hydrogens (tertiary/aromatic N) is 1. The lowest BCUT2D eigenvalue weighted by Gasteiger charge is -2.32. The molecule has 0 aromatic heterocycles. The van der Waals surface area contributed by atoms with Gasteiger partial charge in [-0.3, -0.25) is 4.90 Å². The Kier molecular flexibility index (Phi) is 6.74. The first-order valence-electron chi connectivity index (χ1n) is 8.04. The molecule has 1 aromatic carbocycles. The number of hydrogen-bond donors (Lipinski definition) is 1. The molecule has 136 valence electrons. The molecule has 6 nitrogen and oxygen atoms in total. The first-order valence-corrected chi connectivity index (χ1v) is 9.90. The van der Waals surface area contributed by atoms with E-state index in [9.17, 15) is 8.42 Å². The van der Waals surface area contributed by atoms with Crippen LogP contribution in [0, 0.1) is 0 Å². The van der Waals surface area contributed by atoms with Gasteiger partial charge in [-0.2, -0.15) is 0 Å². The molecule has 0 amide bonds. The summed E-state index contributed by atoms with van der Waals surface area (Å²) in [6, 6.07) is 2.97. The molecule has 1 atom stereocenters. The molecular weight excluding hydrogens is 352 g/mol. The van der Waals surface area contributed by atoms with Crippen molar-refractivity contribution >= 4 is 21.6 Å². The molecule has 0 bridgehead atoms. The Balaban J connectivity index is 2.13. The summed E-state index contributed by atoms with van der Waals surface area (Å²) in [5.74, 6) is 0.573. The molecule has 0 aliphatic carbocycles. The average Bonchev–Trinajstić information content (AvgIpc) is 2.60. The summed E-state index contributed by atoms with van der Waals surface area (Å²) in [5, 5.41) is 0.225. The van der Waals surface area contributed by atoms with Crippen molar-refractivity contribution in [3.8, 4) is 11.5 Å². The number of hydrogen-bond acceptors (Lipinski definition) is 5. The van der Waals surface area contributed by atoms with Crippen LogP contribution in [0.3, 0.4) is 0 Å². The molecule has 8 heteroatoms. The van der Waals surface area contributed by atoms with Gasteiger partial charge >= 0.3 is 0 Å². The molecule has 1 fully saturated rings. The SMILES string of the molecule is COc1cc(OC)c(S(=O)(=O)NCC(C)N2CCCCC2)cc1Cl. The van der Waals surface area contributed by atoms with Gasteiger partial charge in [-0.1, -0.05) is 18.0 Å². The van der Waals surface area contributed by atoms with Crippen molar-refractivity contribution in [2.24, 2.45) is 0 Å². The van der Waals surface area contributed by atoms with Crippen LogP contribution in [0.5, 0.6) is 11.5 Å². The minimum atomic E-state index is -3.73. The lowest BCUT2D eigenvalue weighted by atomic mass is 10.1. The van der Waals surface area contributed by atoms with Gasteiger partial charge < -0.3 is 9.47 Å². The molecule has 1 N–H and O–H groups in total. The molecule has 1 unspecified atom stereocenters. The fourth-order valence-electron chi connectivity index (χ4n) is 2.84. The van der Waals surface area contributed by atoms with E-state index < -0.39 is 10.0 Å². The van der Waals surface area contributed by atoms with E-state index in [4.69, 9.17) is 21.1 Å². The van der Waals surface area contributed by atoms with Crippen molar-refractivity contribution in [2.75, 3.05) is 33.9 Å². The fourth-order valence-corrected chi connectivity index (χ4v) is 4.44. The van der Waals surface area contributed by atoms with Crippen LogP contribution in [-0.4, -0.2) is 53.2 Å². The maximum absolute atomic E-state index is 12.6. The predicted octanol–water partition coefficient (Wildman–Crippen LogP) is 2.51. The number of likely N-dealkylation sites (tertiary alicyclic amines) is 1. The van der Waals surface area contributed by atoms with Crippen LogP contribution in [0.25, 0.3) is 0 Å². The second-order valence-corrected chi connectivity index (χ2v) is 8.08. The Hall–Kier alpha value is -1.02. The second kappa shape index (κ2) is 8.38. The van der Waals surface area contributed by atoms with Gasteiger partial charge in [0.05, 0.1) is 19.2 Å². The quantitative estimate of drug-likeness (QED) is 0.791. The zero-order valence-electron chi connectivity index (χ0n) is 14.3. The summed E-state index contributed by atoms with van der Waals surface area (Å²) in [7, 11) is -0.846. The monoisotopic (exact) mass is 376 g/mol. The minimum absolute atomic E-state index is 0.0154. The Labute approximate surface area is 149 Å². The van der Waals surface area contributed by atoms with Crippen molar-refractivity contribution in [3.05, 3.63) is 17.2 Å². The van der Waals surface area contributed by atoms with Gasteiger partial charge in [0, 0.05) is 18.7 Å². The van der Waals surface area contributed by atoms with E-state index in [1.165, 1.54) is 45.6 Å². The van der Waals surface area contributed by atoms with Gasteiger partial charge in [0.15, 0.2) is 0 Å². The first-order chi connectivity index (χ1) is 11.4. The highest BCUT2D eigenvalue weighted by atomic mass is 35.5. The molecule has 24 heavy (non-hydrogen) atoms. The molecule has 1 heterocycles. The highest BCUT2D eigenvalue weighted by Gasteiger charge is 2.24. The van der Waals surface area contributed by atoms with Crippen molar-refractivity contribution in [1.82, 2.24) is 9.62 Å². The van der Waals surface area contributed by atoms with E-state index in [1.54, 1.807) is 0 Å². The molecule has 2 rings (SSSR count). The molecule has 1 aliphatic heterocycles. The lowest BCUT2D eigenvalue weighted by molar-refractivity contribution is 0.175. The van der Waals surface area contributed by atoms with Crippen LogP contribution in [0.4, 0.5) is 0 Å². The maximum atomic E-state index is 12.6. The van der Waals surface area contributed by atoms with E-state index in [0.717, 1.165) is 13.1 Å². The maximum Gasteiger partial charge on any atom is 0.244 e. The first kappa shape index (κ1) is 19.3. The summed E-state index contributed by atoms with van der Waals surface area (Å²) >= 11 is 6.07. The molecular formula is C16H25ClN2O4S. The van der Waals surface area contributed by atoms with Crippen LogP contribution in [0.15, 0.2) is 17.0 Å². The van der Waals surface area contributed by atoms with Gasteiger partial charge in [-0.15, -0.1) is 0 Å². The van der Waals surface area contributed by atoms with Crippen LogP contribution < -0.4 is 14.2 Å². The van der Waals surface area contributed by atoms with E-state index in [-0.39, 0.29) is 21.7 Å². The zero-order chi connectivity index (χ0) is 17.7. The summed E-state index contributed by atoms with van der Waals surface area (Å²) in [6.45, 7) is 4.41. The van der Waals surface area contributed by atoms with Crippen LogP contribution >= 0.6 is 11.6 Å². The second-order valence-electron chi connectivity index (χ2n) is 5.94. The molecule has 1 aliphatic rings. The number of rotatable bonds is 7. The van der Waals surface area contributed by atoms with Crippen LogP contribution in [0.1, 0.15) is 26.2 Å². The molecule has 0 radical (unpaired) electrons. The third-order valence-corrected chi connectivity index (χ3v) is 6.05. The molecule has 0 saturated carbocycles. The fraction of sp³-hybridized carbons (Fsp3) is 0.625. The van der Waals surface area contributed by atoms with Crippen molar-refractivity contribution < 1.29 is 17.9 Å². The normalized spacial score (nSPS) is 17.5. The summed E-state index contributed by atoms with van der Waals surface area (Å²) in [5.41, 5.74) is 0. The highest BCUT2D eigenvalue weighted by molar-refractivity contribution is 7.89. The number of methoxy groups -OCH3 is 2. The van der Waals surface area contributed by atoms with E-state index in [2.05, 4.69) is 9.62 Å². The number of ether oxygens (including phenoxy) is 2. The summed E-state index contributed by atoms with van der Waals surface area (Å²) in [4.78, 5) is 2.33. The largest absolute Gasteiger partial charge is 0.495 e. The smallest absolute Gasteiger partial charge is 0.244 e. The summed E-state index contributed by atoms with van der Waals surface area (Å²) < 4.78 is 38.2. The minimum Gasteiger partial charge on any atom is -0.495 e. The van der Waals surface area contributed by atoms with Crippen LogP contribution in [-0.2, 0) is 10.0 Å². The van der Waals surface area contributed by atoms with E-state index in [0.29, 0.717) is 12.3 Å². The third-order valence-electron chi connectivity index (χ3n) is 4.31. The molecule has 1 saturated heterocycles. The van der Waals surface area contributed by atoms with Crippen molar-refractivity contribution in [1.29, 1.82) is 0 Å².